The van der Waals surface area contributed by atoms with Crippen molar-refractivity contribution in [2.75, 3.05) is 6.26 Å². The molecule has 1 aromatic carbocycles. The van der Waals surface area contributed by atoms with E-state index in [-0.39, 0.29) is 0 Å². The number of benzene rings is 1. The van der Waals surface area contributed by atoms with Crippen LogP contribution in [0.15, 0.2) is 24.3 Å². The Morgan fingerprint density at radius 1 is 1.53 bits per heavy atom. The highest BCUT2D eigenvalue weighted by Crippen LogP contribution is 2.53. The average molecular weight is 254 g/mol. The molecule has 3 atom stereocenters. The van der Waals surface area contributed by atoms with E-state index in [2.05, 4.69) is 0 Å². The Balaban J connectivity index is 2.46. The minimum atomic E-state index is -3.43. The smallest absolute Gasteiger partial charge is 0.153 e. The highest BCUT2D eigenvalue weighted by atomic mass is 32.2. The Morgan fingerprint density at radius 3 is 2.59 bits per heavy atom. The molecule has 1 aliphatic carbocycles. The van der Waals surface area contributed by atoms with E-state index in [0.717, 1.165) is 6.26 Å². The van der Waals surface area contributed by atoms with Crippen molar-refractivity contribution in [3.05, 3.63) is 35.6 Å². The summed E-state index contributed by atoms with van der Waals surface area (Å²) in [6.07, 6.45) is 1.04. The van der Waals surface area contributed by atoms with Gasteiger partial charge in [0.1, 0.15) is 16.6 Å². The number of rotatable bonds is 2. The van der Waals surface area contributed by atoms with Crippen molar-refractivity contribution in [1.82, 2.24) is 0 Å². The number of nitriles is 1. The van der Waals surface area contributed by atoms with Gasteiger partial charge in [-0.15, -0.1) is 0 Å². The zero-order chi connectivity index (χ0) is 12.8. The van der Waals surface area contributed by atoms with E-state index in [1.54, 1.807) is 6.07 Å². The summed E-state index contributed by atoms with van der Waals surface area (Å²) < 4.78 is 36.1. The van der Waals surface area contributed by atoms with E-state index in [0.29, 0.717) is 5.56 Å². The van der Waals surface area contributed by atoms with E-state index in [9.17, 15) is 12.8 Å². The van der Waals surface area contributed by atoms with Crippen LogP contribution in [0.1, 0.15) is 11.5 Å². The second-order valence-corrected chi connectivity index (χ2v) is 6.49. The van der Waals surface area contributed by atoms with Crippen LogP contribution >= 0.6 is 0 Å². The Labute approximate surface area is 98.8 Å². The minimum absolute atomic E-state index is 0.449. The summed E-state index contributed by atoms with van der Waals surface area (Å²) in [6.45, 7) is 0. The molecule has 0 spiro atoms. The van der Waals surface area contributed by atoms with Gasteiger partial charge in [-0.05, 0) is 17.7 Å². The van der Waals surface area contributed by atoms with Crippen LogP contribution in [-0.2, 0) is 9.84 Å². The first kappa shape index (κ1) is 12.0. The van der Waals surface area contributed by atoms with Crippen LogP contribution in [0.2, 0.25) is 0 Å². The van der Waals surface area contributed by atoms with Crippen molar-refractivity contribution in [3.63, 3.8) is 0 Å². The normalized spacial score (nSPS) is 31.9. The van der Waals surface area contributed by atoms with Crippen molar-refractivity contribution >= 4 is 9.84 Å². The maximum Gasteiger partial charge on any atom is 0.153 e. The maximum atomic E-state index is 13.1. The lowest BCUT2D eigenvalue weighted by Gasteiger charge is -2.00. The Morgan fingerprint density at radius 2 is 2.18 bits per heavy atom. The van der Waals surface area contributed by atoms with Gasteiger partial charge >= 0.3 is 0 Å². The predicted molar refractivity (Wildman–Crippen MR) is 60.3 cm³/mol. The molecule has 0 aliphatic heterocycles. The summed E-state index contributed by atoms with van der Waals surface area (Å²) in [6, 6.07) is 7.34. The summed E-state index contributed by atoms with van der Waals surface area (Å²) in [4.78, 5) is 0. The lowest BCUT2D eigenvalue weighted by molar-refractivity contribution is 0.597. The first-order valence-corrected chi connectivity index (χ1v) is 6.90. The standard InChI is InChI=1S/C11H11FN2O2S/c1-17(15,16)10-9(11(10,14)6-13)7-3-2-4-8(12)5-7/h2-5,9-10H,14H2,1H3/t9-,10+,11+/m0/s1. The van der Waals surface area contributed by atoms with Crippen LogP contribution in [0.5, 0.6) is 0 Å². The van der Waals surface area contributed by atoms with Gasteiger partial charge in [-0.2, -0.15) is 5.26 Å². The molecule has 0 heterocycles. The number of nitrogens with zero attached hydrogens (tertiary/aromatic N) is 1. The van der Waals surface area contributed by atoms with E-state index in [4.69, 9.17) is 11.0 Å². The van der Waals surface area contributed by atoms with E-state index in [1.165, 1.54) is 18.2 Å². The third-order valence-corrected chi connectivity index (χ3v) is 4.63. The van der Waals surface area contributed by atoms with Gasteiger partial charge in [0.05, 0.1) is 6.07 Å². The monoisotopic (exact) mass is 254 g/mol. The SMILES string of the molecule is CS(=O)(=O)[C@@H]1[C@H](c2cccc(F)c2)[C@]1(N)C#N. The summed E-state index contributed by atoms with van der Waals surface area (Å²) >= 11 is 0. The molecular weight excluding hydrogens is 243 g/mol. The molecule has 1 aliphatic rings. The number of halogens is 1. The third kappa shape index (κ3) is 1.81. The summed E-state index contributed by atoms with van der Waals surface area (Å²) in [5, 5.41) is 8.01. The predicted octanol–water partition coefficient (Wildman–Crippen LogP) is 0.557. The highest BCUT2D eigenvalue weighted by molar-refractivity contribution is 7.91. The maximum absolute atomic E-state index is 13.1. The van der Waals surface area contributed by atoms with Gasteiger partial charge in [-0.1, -0.05) is 12.1 Å². The Hall–Kier alpha value is -1.45. The fourth-order valence-corrected chi connectivity index (χ4v) is 3.97. The molecule has 0 radical (unpaired) electrons. The third-order valence-electron chi connectivity index (χ3n) is 3.04. The first-order chi connectivity index (χ1) is 7.80. The highest BCUT2D eigenvalue weighted by Gasteiger charge is 2.69. The fraction of sp³-hybridized carbons (Fsp3) is 0.364. The topological polar surface area (TPSA) is 83.9 Å². The van der Waals surface area contributed by atoms with Crippen LogP contribution in [0.4, 0.5) is 4.39 Å². The summed E-state index contributed by atoms with van der Waals surface area (Å²) in [5.41, 5.74) is 4.75. The van der Waals surface area contributed by atoms with Crippen molar-refractivity contribution in [2.45, 2.75) is 16.7 Å². The molecule has 2 N–H and O–H groups in total. The number of nitrogens with two attached hydrogens (primary N) is 1. The van der Waals surface area contributed by atoms with Gasteiger partial charge in [0.15, 0.2) is 9.84 Å². The van der Waals surface area contributed by atoms with Crippen molar-refractivity contribution < 1.29 is 12.8 Å². The molecule has 1 fully saturated rings. The largest absolute Gasteiger partial charge is 0.312 e. The molecular formula is C11H11FN2O2S. The molecule has 90 valence electrons. The Kier molecular flexibility index (Phi) is 2.49. The molecule has 2 rings (SSSR count). The number of hydrogen-bond acceptors (Lipinski definition) is 4. The molecule has 6 heteroatoms. The lowest BCUT2D eigenvalue weighted by Crippen LogP contribution is -2.28. The van der Waals surface area contributed by atoms with Crippen LogP contribution in [0.3, 0.4) is 0 Å². The van der Waals surface area contributed by atoms with Crippen LogP contribution in [0, 0.1) is 17.1 Å². The van der Waals surface area contributed by atoms with Crippen LogP contribution < -0.4 is 5.73 Å². The van der Waals surface area contributed by atoms with E-state index in [1.807, 2.05) is 6.07 Å². The molecule has 0 bridgehead atoms. The zero-order valence-electron chi connectivity index (χ0n) is 9.09. The minimum Gasteiger partial charge on any atom is -0.312 e. The molecule has 1 saturated carbocycles. The molecule has 1 aromatic rings. The van der Waals surface area contributed by atoms with Gasteiger partial charge in [-0.3, -0.25) is 0 Å². The van der Waals surface area contributed by atoms with Gasteiger partial charge in [0.25, 0.3) is 0 Å². The summed E-state index contributed by atoms with van der Waals surface area (Å²) in [7, 11) is -3.43. The second-order valence-electron chi connectivity index (χ2n) is 4.33. The second kappa shape index (κ2) is 3.52. The van der Waals surface area contributed by atoms with Gasteiger partial charge in [0, 0.05) is 12.2 Å². The number of hydrogen-bond donors (Lipinski definition) is 1. The molecule has 0 amide bonds. The van der Waals surface area contributed by atoms with Gasteiger partial charge in [0.2, 0.25) is 0 Å². The van der Waals surface area contributed by atoms with Crippen LogP contribution in [-0.4, -0.2) is 25.5 Å². The van der Waals surface area contributed by atoms with E-state index >= 15 is 0 Å². The van der Waals surface area contributed by atoms with Gasteiger partial charge < -0.3 is 5.73 Å². The average Bonchev–Trinajstić information content (AvgIpc) is 2.86. The molecule has 0 saturated heterocycles. The van der Waals surface area contributed by atoms with Crippen molar-refractivity contribution in [2.24, 2.45) is 5.73 Å². The zero-order valence-corrected chi connectivity index (χ0v) is 9.91. The van der Waals surface area contributed by atoms with Crippen molar-refractivity contribution in [1.29, 1.82) is 5.26 Å². The molecule has 0 aromatic heterocycles. The quantitative estimate of drug-likeness (QED) is 0.835. The van der Waals surface area contributed by atoms with Crippen LogP contribution in [0.25, 0.3) is 0 Å². The molecule has 17 heavy (non-hydrogen) atoms. The number of sulfone groups is 1. The fourth-order valence-electron chi connectivity index (χ4n) is 2.26. The lowest BCUT2D eigenvalue weighted by atomic mass is 10.1. The van der Waals surface area contributed by atoms with Gasteiger partial charge in [-0.25, -0.2) is 12.8 Å². The Bertz CT molecular complexity index is 608. The molecule has 4 nitrogen and oxygen atoms in total. The van der Waals surface area contributed by atoms with Crippen molar-refractivity contribution in [3.8, 4) is 6.07 Å². The van der Waals surface area contributed by atoms with E-state index < -0.39 is 32.4 Å². The first-order valence-electron chi connectivity index (χ1n) is 4.95. The molecule has 0 unspecified atom stereocenters. The summed E-state index contributed by atoms with van der Waals surface area (Å²) in [5.74, 6) is -1.12.